The molecule has 0 atom stereocenters. The minimum atomic E-state index is 0.495. The van der Waals surface area contributed by atoms with Gasteiger partial charge in [0.2, 0.25) is 0 Å². The molecule has 0 fully saturated rings. The highest BCUT2D eigenvalue weighted by Gasteiger charge is 1.86. The lowest BCUT2D eigenvalue weighted by atomic mass is 10.5. The molecule has 0 amide bonds. The van der Waals surface area contributed by atoms with Gasteiger partial charge in [-0.3, -0.25) is 4.68 Å². The van der Waals surface area contributed by atoms with E-state index in [9.17, 15) is 0 Å². The van der Waals surface area contributed by atoms with Crippen LogP contribution < -0.4 is 0 Å². The Hall–Kier alpha value is -0.790. The SMILES string of the molecule is [2H]c1cc(C)nn1CC. The molecule has 1 rings (SSSR count). The van der Waals surface area contributed by atoms with E-state index in [1.165, 1.54) is 0 Å². The van der Waals surface area contributed by atoms with Gasteiger partial charge >= 0.3 is 0 Å². The Labute approximate surface area is 50.5 Å². The van der Waals surface area contributed by atoms with E-state index in [4.69, 9.17) is 1.37 Å². The van der Waals surface area contributed by atoms with Gasteiger partial charge in [0.1, 0.15) is 0 Å². The van der Waals surface area contributed by atoms with Crippen LogP contribution in [0.25, 0.3) is 0 Å². The van der Waals surface area contributed by atoms with Crippen molar-refractivity contribution in [1.29, 1.82) is 0 Å². The van der Waals surface area contributed by atoms with Crippen LogP contribution in [0.3, 0.4) is 0 Å². The highest BCUT2D eigenvalue weighted by atomic mass is 15.3. The van der Waals surface area contributed by atoms with Crippen LogP contribution in [0.2, 0.25) is 0 Å². The number of nitrogens with zero attached hydrogens (tertiary/aromatic N) is 2. The molecule has 0 unspecified atom stereocenters. The van der Waals surface area contributed by atoms with Crippen molar-refractivity contribution in [3.8, 4) is 0 Å². The van der Waals surface area contributed by atoms with Crippen molar-refractivity contribution in [1.82, 2.24) is 9.78 Å². The molecular weight excluding hydrogens is 100 g/mol. The molecule has 0 saturated heterocycles. The van der Waals surface area contributed by atoms with Crippen molar-refractivity contribution in [3.05, 3.63) is 17.9 Å². The standard InChI is InChI=1S/C6H10N2/c1-3-8-5-4-6(2)7-8/h4-5H,3H2,1-2H3/i5D. The Bertz CT molecular complexity index is 205. The van der Waals surface area contributed by atoms with Crippen LogP contribution in [-0.4, -0.2) is 9.78 Å². The molecule has 2 nitrogen and oxygen atoms in total. The highest BCUT2D eigenvalue weighted by Crippen LogP contribution is 1.90. The molecule has 44 valence electrons. The van der Waals surface area contributed by atoms with E-state index in [-0.39, 0.29) is 0 Å². The summed E-state index contributed by atoms with van der Waals surface area (Å²) in [7, 11) is 0. The molecule has 2 heteroatoms. The van der Waals surface area contributed by atoms with Crippen LogP contribution in [0.15, 0.2) is 12.2 Å². The van der Waals surface area contributed by atoms with E-state index >= 15 is 0 Å². The average Bonchev–Trinajstić information content (AvgIpc) is 2.10. The number of hydrogen-bond acceptors (Lipinski definition) is 1. The molecule has 0 aliphatic carbocycles. The first-order valence-corrected chi connectivity index (χ1v) is 2.75. The lowest BCUT2D eigenvalue weighted by Crippen LogP contribution is -1.93. The first-order valence-electron chi connectivity index (χ1n) is 3.25. The van der Waals surface area contributed by atoms with Gasteiger partial charge < -0.3 is 0 Å². The molecule has 0 saturated carbocycles. The van der Waals surface area contributed by atoms with Crippen molar-refractivity contribution < 1.29 is 1.37 Å². The quantitative estimate of drug-likeness (QED) is 0.532. The van der Waals surface area contributed by atoms with Gasteiger partial charge in [-0.05, 0) is 19.9 Å². The molecule has 1 aromatic rings. The highest BCUT2D eigenvalue weighted by molar-refractivity contribution is 4.94. The average molecular weight is 111 g/mol. The summed E-state index contributed by atoms with van der Waals surface area (Å²) in [6, 6.07) is 1.75. The van der Waals surface area contributed by atoms with Crippen LogP contribution >= 0.6 is 0 Å². The minimum Gasteiger partial charge on any atom is -0.273 e. The maximum Gasteiger partial charge on any atom is 0.0837 e. The van der Waals surface area contributed by atoms with Crippen molar-refractivity contribution in [2.45, 2.75) is 20.4 Å². The summed E-state index contributed by atoms with van der Waals surface area (Å²) in [6.45, 7) is 4.65. The summed E-state index contributed by atoms with van der Waals surface area (Å²) < 4.78 is 8.95. The summed E-state index contributed by atoms with van der Waals surface area (Å²) >= 11 is 0. The fourth-order valence-corrected chi connectivity index (χ4v) is 0.578. The normalized spacial score (nSPS) is 11.5. The Balaban J connectivity index is 3.01. The van der Waals surface area contributed by atoms with Crippen LogP contribution in [0.4, 0.5) is 0 Å². The van der Waals surface area contributed by atoms with Gasteiger partial charge in [-0.2, -0.15) is 5.10 Å². The number of aryl methyl sites for hydroxylation is 2. The molecule has 0 spiro atoms. The minimum absolute atomic E-state index is 0.495. The van der Waals surface area contributed by atoms with Gasteiger partial charge in [-0.15, -0.1) is 0 Å². The van der Waals surface area contributed by atoms with Gasteiger partial charge in [-0.1, -0.05) is 0 Å². The van der Waals surface area contributed by atoms with E-state index in [2.05, 4.69) is 5.10 Å². The molecule has 0 N–H and O–H groups in total. The lowest BCUT2D eigenvalue weighted by Gasteiger charge is -1.89. The smallest absolute Gasteiger partial charge is 0.0837 e. The number of rotatable bonds is 1. The molecule has 0 aliphatic rings. The van der Waals surface area contributed by atoms with E-state index < -0.39 is 0 Å². The third-order valence-corrected chi connectivity index (χ3v) is 1.00. The van der Waals surface area contributed by atoms with Crippen LogP contribution in [0, 0.1) is 6.92 Å². The van der Waals surface area contributed by atoms with E-state index in [0.717, 1.165) is 12.2 Å². The summed E-state index contributed by atoms with van der Waals surface area (Å²) in [5, 5.41) is 4.06. The van der Waals surface area contributed by atoms with Crippen LogP contribution in [-0.2, 0) is 6.54 Å². The maximum atomic E-state index is 7.29. The third-order valence-electron chi connectivity index (χ3n) is 1.00. The molecule has 1 heterocycles. The Kier molecular flexibility index (Phi) is 1.02. The van der Waals surface area contributed by atoms with Crippen LogP contribution in [0.5, 0.6) is 0 Å². The van der Waals surface area contributed by atoms with Gasteiger partial charge in [0.15, 0.2) is 0 Å². The summed E-state index contributed by atoms with van der Waals surface area (Å²) in [6.07, 6.45) is 0.495. The maximum absolute atomic E-state index is 7.29. The van der Waals surface area contributed by atoms with E-state index in [1.807, 2.05) is 13.8 Å². The summed E-state index contributed by atoms with van der Waals surface area (Å²) in [5.41, 5.74) is 0.918. The van der Waals surface area contributed by atoms with Gasteiger partial charge in [0, 0.05) is 12.7 Å². The zero-order valence-corrected chi connectivity index (χ0v) is 5.18. The predicted octanol–water partition coefficient (Wildman–Crippen LogP) is 1.21. The van der Waals surface area contributed by atoms with Crippen molar-refractivity contribution in [2.24, 2.45) is 0 Å². The van der Waals surface area contributed by atoms with E-state index in [0.29, 0.717) is 6.17 Å². The second-order valence-corrected chi connectivity index (χ2v) is 1.73. The van der Waals surface area contributed by atoms with Crippen molar-refractivity contribution in [3.63, 3.8) is 0 Å². The third kappa shape index (κ3) is 0.886. The molecule has 1 aromatic heterocycles. The molecule has 0 aliphatic heterocycles. The van der Waals surface area contributed by atoms with Crippen molar-refractivity contribution in [2.75, 3.05) is 0 Å². The monoisotopic (exact) mass is 111 g/mol. The Morgan fingerprint density at radius 1 is 2.00 bits per heavy atom. The van der Waals surface area contributed by atoms with Gasteiger partial charge in [0.05, 0.1) is 7.06 Å². The Morgan fingerprint density at radius 2 is 2.75 bits per heavy atom. The van der Waals surface area contributed by atoms with Crippen molar-refractivity contribution >= 4 is 0 Å². The lowest BCUT2D eigenvalue weighted by molar-refractivity contribution is 0.653. The molecular formula is C6H10N2. The fraction of sp³-hybridized carbons (Fsp3) is 0.500. The fourth-order valence-electron chi connectivity index (χ4n) is 0.578. The predicted molar refractivity (Wildman–Crippen MR) is 32.6 cm³/mol. The first-order chi connectivity index (χ1) is 4.24. The summed E-state index contributed by atoms with van der Waals surface area (Å²) in [4.78, 5) is 0. The van der Waals surface area contributed by atoms with Crippen LogP contribution in [0.1, 0.15) is 14.0 Å². The largest absolute Gasteiger partial charge is 0.273 e. The van der Waals surface area contributed by atoms with Gasteiger partial charge in [0.25, 0.3) is 0 Å². The zero-order valence-electron chi connectivity index (χ0n) is 6.18. The second-order valence-electron chi connectivity index (χ2n) is 1.73. The number of aromatic nitrogens is 2. The topological polar surface area (TPSA) is 17.8 Å². The molecule has 0 aromatic carbocycles. The molecule has 0 radical (unpaired) electrons. The zero-order chi connectivity index (χ0) is 6.85. The number of hydrogen-bond donors (Lipinski definition) is 0. The van der Waals surface area contributed by atoms with E-state index in [1.54, 1.807) is 10.7 Å². The Morgan fingerprint density at radius 3 is 3.00 bits per heavy atom. The molecule has 0 bridgehead atoms. The first kappa shape index (κ1) is 4.13. The summed E-state index contributed by atoms with van der Waals surface area (Å²) in [5.74, 6) is 0. The molecule has 8 heavy (non-hydrogen) atoms. The van der Waals surface area contributed by atoms with Gasteiger partial charge in [-0.25, -0.2) is 0 Å². The second kappa shape index (κ2) is 1.99.